The summed E-state index contributed by atoms with van der Waals surface area (Å²) >= 11 is 0. The molecule has 2 rings (SSSR count). The number of hydrogen-bond donors (Lipinski definition) is 5. The van der Waals surface area contributed by atoms with Crippen molar-refractivity contribution in [3.63, 3.8) is 0 Å². The third-order valence-electron chi connectivity index (χ3n) is 9.90. The minimum Gasteiger partial charge on any atom is -0.508 e. The predicted molar refractivity (Wildman–Crippen MR) is 221 cm³/mol. The number of rotatable bonds is 23. The minimum atomic E-state index is -1.19. The summed E-state index contributed by atoms with van der Waals surface area (Å²) in [6, 6.07) is 3.10. The average molecular weight is 809 g/mol. The molecular formula is C44H64N4O10. The van der Waals surface area contributed by atoms with E-state index in [9.17, 15) is 39.0 Å². The Bertz CT molecular complexity index is 1650. The molecule has 1 aliphatic heterocycles. The molecule has 0 aliphatic carbocycles. The smallest absolute Gasteiger partial charge is 0.331 e. The molecule has 3 amide bonds. The number of amides is 3. The van der Waals surface area contributed by atoms with Gasteiger partial charge in [0.05, 0.1) is 12.0 Å². The fourth-order valence-electron chi connectivity index (χ4n) is 6.48. The van der Waals surface area contributed by atoms with Crippen molar-refractivity contribution in [2.24, 2.45) is 17.8 Å². The van der Waals surface area contributed by atoms with Gasteiger partial charge in [-0.05, 0) is 88.0 Å². The first-order valence-corrected chi connectivity index (χ1v) is 20.1. The largest absolute Gasteiger partial charge is 0.508 e. The minimum absolute atomic E-state index is 0.0238. The summed E-state index contributed by atoms with van der Waals surface area (Å²) in [4.78, 5) is 79.2. The van der Waals surface area contributed by atoms with E-state index in [1.54, 1.807) is 39.0 Å². The van der Waals surface area contributed by atoms with Crippen molar-refractivity contribution >= 4 is 35.4 Å². The van der Waals surface area contributed by atoms with E-state index < -0.39 is 71.8 Å². The Hall–Kier alpha value is -5.08. The number of hydrazine groups is 1. The van der Waals surface area contributed by atoms with Gasteiger partial charge >= 0.3 is 11.9 Å². The van der Waals surface area contributed by atoms with Crippen LogP contribution >= 0.6 is 0 Å². The van der Waals surface area contributed by atoms with Gasteiger partial charge in [0.25, 0.3) is 5.91 Å². The lowest BCUT2D eigenvalue weighted by molar-refractivity contribution is -0.156. The second-order valence-electron chi connectivity index (χ2n) is 15.1. The van der Waals surface area contributed by atoms with Crippen molar-refractivity contribution in [2.75, 3.05) is 13.2 Å². The Balaban J connectivity index is 2.30. The number of phenolic OH excluding ortho intramolecular Hbond substituents is 1. The van der Waals surface area contributed by atoms with E-state index in [1.807, 2.05) is 32.9 Å². The van der Waals surface area contributed by atoms with Crippen molar-refractivity contribution in [2.45, 2.75) is 124 Å². The molecule has 1 fully saturated rings. The molecule has 0 aromatic heterocycles. The molecule has 1 aromatic rings. The average Bonchev–Trinajstić information content (AvgIpc) is 3.19. The number of esters is 2. The maximum Gasteiger partial charge on any atom is 0.331 e. The summed E-state index contributed by atoms with van der Waals surface area (Å²) < 4.78 is 10.8. The number of ketones is 1. The lowest BCUT2D eigenvalue weighted by Gasteiger charge is -2.36. The lowest BCUT2D eigenvalue weighted by Crippen LogP contribution is -2.62. The zero-order valence-electron chi connectivity index (χ0n) is 35.1. The monoisotopic (exact) mass is 808 g/mol. The third kappa shape index (κ3) is 16.4. The quantitative estimate of drug-likeness (QED) is 0.0450. The Morgan fingerprint density at radius 2 is 1.81 bits per heavy atom. The number of Topliss-reactive ketones (excluding diaryl/α,β-unsaturated/α-hetero) is 1. The standard InChI is InChI=1S/C44H64N4O10/c1-9-12-16-30(7)40(52)34(23-22-31(8)49)41(53)46-39(28(4)5)42(54)45-36(27-32-18-14-19-33(50)26-32)43(55)48-24-15-20-35(47-48)44(56)58-37(11-3)29(6)17-13-21-38(51)57-25-10-2/h9-10,12-14,17-19,21,26,28,30,34-37,39-40,47,50,52H,2,11,15-16,20,22-25,27H2,1,3-8H3,(H,45,54)(H,46,53). The number of carbonyl (C=O) groups is 6. The number of carbonyl (C=O) groups excluding carboxylic acids is 6. The fraction of sp³-hybridized carbons (Fsp3) is 0.545. The number of aliphatic hydroxyl groups is 1. The molecule has 0 saturated carbocycles. The van der Waals surface area contributed by atoms with Gasteiger partial charge in [0.15, 0.2) is 0 Å². The van der Waals surface area contributed by atoms with Crippen LogP contribution < -0.4 is 16.1 Å². The predicted octanol–water partition coefficient (Wildman–Crippen LogP) is 4.56. The van der Waals surface area contributed by atoms with Crippen molar-refractivity contribution in [3.8, 4) is 5.75 Å². The van der Waals surface area contributed by atoms with Gasteiger partial charge in [-0.1, -0.05) is 76.8 Å². The first-order chi connectivity index (χ1) is 27.5. The molecule has 320 valence electrons. The highest BCUT2D eigenvalue weighted by Crippen LogP contribution is 2.23. The van der Waals surface area contributed by atoms with E-state index >= 15 is 0 Å². The highest BCUT2D eigenvalue weighted by molar-refractivity contribution is 5.93. The van der Waals surface area contributed by atoms with E-state index in [2.05, 4.69) is 22.6 Å². The molecule has 14 heteroatoms. The number of ether oxygens (including phenoxy) is 2. The Labute approximate surface area is 343 Å². The van der Waals surface area contributed by atoms with Crippen LogP contribution in [0.2, 0.25) is 0 Å². The molecular weight excluding hydrogens is 745 g/mol. The number of nitrogens with one attached hydrogen (secondary N) is 3. The number of allylic oxidation sites excluding steroid dienone is 4. The number of hydrogen-bond acceptors (Lipinski definition) is 11. The second kappa shape index (κ2) is 25.3. The van der Waals surface area contributed by atoms with Crippen LogP contribution in [0.25, 0.3) is 0 Å². The van der Waals surface area contributed by atoms with E-state index in [0.29, 0.717) is 36.8 Å². The normalized spacial score (nSPS) is 17.8. The summed E-state index contributed by atoms with van der Waals surface area (Å²) in [6.45, 7) is 16.0. The molecule has 0 radical (unpaired) electrons. The number of aliphatic hydroxyl groups excluding tert-OH is 1. The van der Waals surface area contributed by atoms with E-state index in [4.69, 9.17) is 9.47 Å². The Kier molecular flexibility index (Phi) is 21.4. The van der Waals surface area contributed by atoms with Gasteiger partial charge in [0, 0.05) is 25.5 Å². The van der Waals surface area contributed by atoms with Gasteiger partial charge < -0.3 is 35.1 Å². The van der Waals surface area contributed by atoms with Crippen LogP contribution in [0.4, 0.5) is 0 Å². The van der Waals surface area contributed by atoms with Crippen molar-refractivity contribution in [1.82, 2.24) is 21.1 Å². The molecule has 0 bridgehead atoms. The maximum absolute atomic E-state index is 14.3. The van der Waals surface area contributed by atoms with E-state index in [0.717, 1.165) is 0 Å². The summed E-state index contributed by atoms with van der Waals surface area (Å²) in [5, 5.41) is 28.3. The summed E-state index contributed by atoms with van der Waals surface area (Å²) in [5.41, 5.74) is 4.23. The number of phenols is 1. The third-order valence-corrected chi connectivity index (χ3v) is 9.90. The van der Waals surface area contributed by atoms with Crippen LogP contribution in [0.5, 0.6) is 5.75 Å². The zero-order valence-corrected chi connectivity index (χ0v) is 35.1. The van der Waals surface area contributed by atoms with Gasteiger partial charge in [-0.25, -0.2) is 10.2 Å². The van der Waals surface area contributed by atoms with Crippen LogP contribution in [0.1, 0.15) is 92.6 Å². The summed E-state index contributed by atoms with van der Waals surface area (Å²) in [5.74, 6) is -4.77. The van der Waals surface area contributed by atoms with Crippen LogP contribution in [0.3, 0.4) is 0 Å². The topological polar surface area (TPSA) is 201 Å². The Morgan fingerprint density at radius 3 is 2.43 bits per heavy atom. The molecule has 7 unspecified atom stereocenters. The lowest BCUT2D eigenvalue weighted by atomic mass is 9.85. The van der Waals surface area contributed by atoms with Gasteiger partial charge in [-0.15, -0.1) is 0 Å². The molecule has 14 nitrogen and oxygen atoms in total. The van der Waals surface area contributed by atoms with Gasteiger partial charge in [0.1, 0.15) is 42.4 Å². The van der Waals surface area contributed by atoms with E-state index in [1.165, 1.54) is 42.3 Å². The number of aromatic hydroxyl groups is 1. The molecule has 1 aromatic carbocycles. The van der Waals surface area contributed by atoms with E-state index in [-0.39, 0.29) is 49.9 Å². The van der Waals surface area contributed by atoms with Crippen LogP contribution in [0.15, 0.2) is 72.9 Å². The molecule has 5 N–H and O–H groups in total. The molecule has 1 heterocycles. The van der Waals surface area contributed by atoms with Crippen molar-refractivity contribution in [3.05, 3.63) is 78.4 Å². The Morgan fingerprint density at radius 1 is 1.09 bits per heavy atom. The van der Waals surface area contributed by atoms with Crippen LogP contribution in [-0.4, -0.2) is 94.2 Å². The second-order valence-corrected chi connectivity index (χ2v) is 15.1. The highest BCUT2D eigenvalue weighted by Gasteiger charge is 2.37. The summed E-state index contributed by atoms with van der Waals surface area (Å²) in [7, 11) is 0. The molecule has 0 spiro atoms. The van der Waals surface area contributed by atoms with Crippen molar-refractivity contribution < 1.29 is 48.5 Å². The van der Waals surface area contributed by atoms with Crippen LogP contribution in [0, 0.1) is 17.8 Å². The van der Waals surface area contributed by atoms with Gasteiger partial charge in [-0.2, -0.15) is 0 Å². The highest BCUT2D eigenvalue weighted by atomic mass is 16.5. The SMILES string of the molecule is C=CCOC(=O)C=CC=C(C)C(CC)OC(=O)C1CCCN(C(=O)C(Cc2cccc(O)c2)NC(=O)C(NC(=O)C(CCC(C)=O)C(O)C(C)CC=CC)C(C)C)N1. The van der Waals surface area contributed by atoms with Crippen molar-refractivity contribution in [1.29, 1.82) is 0 Å². The van der Waals surface area contributed by atoms with Gasteiger partial charge in [0.2, 0.25) is 11.8 Å². The number of nitrogens with zero attached hydrogens (tertiary/aromatic N) is 1. The first kappa shape index (κ1) is 49.1. The van der Waals surface area contributed by atoms with Gasteiger partial charge in [-0.3, -0.25) is 24.2 Å². The first-order valence-electron chi connectivity index (χ1n) is 20.1. The number of benzene rings is 1. The maximum atomic E-state index is 14.3. The molecule has 58 heavy (non-hydrogen) atoms. The summed E-state index contributed by atoms with van der Waals surface area (Å²) in [6.07, 6.45) is 9.88. The molecule has 1 aliphatic rings. The fourth-order valence-corrected chi connectivity index (χ4v) is 6.48. The van der Waals surface area contributed by atoms with Crippen LogP contribution in [-0.2, 0) is 44.7 Å². The molecule has 1 saturated heterocycles. The zero-order chi connectivity index (χ0) is 43.4. The molecule has 7 atom stereocenters.